The molecule has 4 nitrogen and oxygen atoms in total. The van der Waals surface area contributed by atoms with E-state index in [1.165, 1.54) is 23.5 Å². The predicted octanol–water partition coefficient (Wildman–Crippen LogP) is 5.47. The van der Waals surface area contributed by atoms with E-state index in [9.17, 15) is 14.8 Å². The number of nitrogens with zero attached hydrogens (tertiary/aromatic N) is 3. The maximum Gasteiger partial charge on any atom is 0.187 e. The Hall–Kier alpha value is -3.53. The highest BCUT2D eigenvalue weighted by Crippen LogP contribution is 2.45. The molecule has 1 saturated heterocycles. The molecule has 5 rings (SSSR count). The third kappa shape index (κ3) is 3.56. The zero-order valence-electron chi connectivity index (χ0n) is 17.1. The summed E-state index contributed by atoms with van der Waals surface area (Å²) in [7, 11) is 0. The molecule has 1 aliphatic heterocycles. The standard InChI is InChI=1S/C26H20FN3OS/c27-21-8-4-7-20(13-21)17-9-11-19(12-10-17)25-23(14-28)30(24(25)15-31)26-29-22(16-32-26)18-5-2-1-3-6-18/h1-13,16,23-25,31H,15H2/t23-,24-,25-/m1/s1. The number of aliphatic hydroxyl groups excluding tert-OH is 1. The van der Waals surface area contributed by atoms with Crippen molar-refractivity contribution < 1.29 is 9.50 Å². The molecule has 3 atom stereocenters. The van der Waals surface area contributed by atoms with E-state index >= 15 is 0 Å². The van der Waals surface area contributed by atoms with Gasteiger partial charge in [-0.2, -0.15) is 5.26 Å². The van der Waals surface area contributed by atoms with E-state index in [1.54, 1.807) is 6.07 Å². The van der Waals surface area contributed by atoms with Crippen molar-refractivity contribution in [1.29, 1.82) is 5.26 Å². The number of rotatable bonds is 5. The fourth-order valence-electron chi connectivity index (χ4n) is 4.36. The predicted molar refractivity (Wildman–Crippen MR) is 125 cm³/mol. The number of nitriles is 1. The summed E-state index contributed by atoms with van der Waals surface area (Å²) in [5.74, 6) is -0.403. The number of hydrogen-bond acceptors (Lipinski definition) is 5. The fourth-order valence-corrected chi connectivity index (χ4v) is 5.29. The molecule has 1 aromatic heterocycles. The van der Waals surface area contributed by atoms with E-state index in [-0.39, 0.29) is 24.4 Å². The second-order valence-electron chi connectivity index (χ2n) is 7.77. The smallest absolute Gasteiger partial charge is 0.187 e. The molecule has 0 radical (unpaired) electrons. The first-order valence-electron chi connectivity index (χ1n) is 10.4. The molecule has 0 spiro atoms. The quantitative estimate of drug-likeness (QED) is 0.446. The van der Waals surface area contributed by atoms with Crippen LogP contribution in [-0.2, 0) is 0 Å². The van der Waals surface area contributed by atoms with Crippen LogP contribution in [0.4, 0.5) is 9.52 Å². The molecule has 1 aliphatic rings. The number of hydrogen-bond donors (Lipinski definition) is 1. The van der Waals surface area contributed by atoms with Gasteiger partial charge in [0.25, 0.3) is 0 Å². The highest BCUT2D eigenvalue weighted by molar-refractivity contribution is 7.14. The van der Waals surface area contributed by atoms with Gasteiger partial charge in [0.2, 0.25) is 0 Å². The van der Waals surface area contributed by atoms with Crippen LogP contribution in [-0.4, -0.2) is 28.8 Å². The van der Waals surface area contributed by atoms with Gasteiger partial charge in [-0.3, -0.25) is 0 Å². The van der Waals surface area contributed by atoms with E-state index < -0.39 is 6.04 Å². The van der Waals surface area contributed by atoms with Gasteiger partial charge in [-0.25, -0.2) is 9.37 Å². The van der Waals surface area contributed by atoms with Crippen molar-refractivity contribution in [3.05, 3.63) is 95.6 Å². The summed E-state index contributed by atoms with van der Waals surface area (Å²) >= 11 is 1.48. The SMILES string of the molecule is N#C[C@@H]1[C@@H](c2ccc(-c3cccc(F)c3)cc2)[C@@H](CO)N1c1nc(-c2ccccc2)cs1. The van der Waals surface area contributed by atoms with Crippen LogP contribution in [0.5, 0.6) is 0 Å². The molecule has 1 N–H and O–H groups in total. The first kappa shape index (κ1) is 20.4. The topological polar surface area (TPSA) is 60.1 Å². The number of anilines is 1. The first-order chi connectivity index (χ1) is 15.7. The zero-order valence-corrected chi connectivity index (χ0v) is 17.9. The van der Waals surface area contributed by atoms with Crippen molar-refractivity contribution >= 4 is 16.5 Å². The van der Waals surface area contributed by atoms with Gasteiger partial charge in [0.05, 0.1) is 24.4 Å². The largest absolute Gasteiger partial charge is 0.394 e. The number of aromatic nitrogens is 1. The maximum atomic E-state index is 13.6. The number of thiazole rings is 1. The van der Waals surface area contributed by atoms with Crippen molar-refractivity contribution in [3.8, 4) is 28.5 Å². The summed E-state index contributed by atoms with van der Waals surface area (Å²) in [6, 6.07) is 25.9. The second-order valence-corrected chi connectivity index (χ2v) is 8.61. The molecule has 4 aromatic rings. The highest BCUT2D eigenvalue weighted by Gasteiger charge is 2.50. The monoisotopic (exact) mass is 441 g/mol. The van der Waals surface area contributed by atoms with E-state index in [2.05, 4.69) is 6.07 Å². The first-order valence-corrected chi connectivity index (χ1v) is 11.2. The average Bonchev–Trinajstić information content (AvgIpc) is 3.29. The highest BCUT2D eigenvalue weighted by atomic mass is 32.1. The lowest BCUT2D eigenvalue weighted by Crippen LogP contribution is -2.63. The molecule has 0 amide bonds. The molecule has 1 fully saturated rings. The van der Waals surface area contributed by atoms with E-state index in [0.29, 0.717) is 0 Å². The Morgan fingerprint density at radius 3 is 2.41 bits per heavy atom. The fraction of sp³-hybridized carbons (Fsp3) is 0.154. The van der Waals surface area contributed by atoms with Crippen LogP contribution < -0.4 is 4.90 Å². The molecule has 0 saturated carbocycles. The molecule has 0 aliphatic carbocycles. The number of benzene rings is 3. The van der Waals surface area contributed by atoms with E-state index in [1.807, 2.05) is 70.9 Å². The van der Waals surface area contributed by atoms with Gasteiger partial charge in [0.15, 0.2) is 5.13 Å². The van der Waals surface area contributed by atoms with Gasteiger partial charge in [0, 0.05) is 16.9 Å². The van der Waals surface area contributed by atoms with Gasteiger partial charge >= 0.3 is 0 Å². The summed E-state index contributed by atoms with van der Waals surface area (Å²) in [4.78, 5) is 6.65. The average molecular weight is 442 g/mol. The Morgan fingerprint density at radius 1 is 0.969 bits per heavy atom. The number of halogens is 1. The van der Waals surface area contributed by atoms with Gasteiger partial charge in [-0.1, -0.05) is 66.7 Å². The minimum Gasteiger partial charge on any atom is -0.394 e. The van der Waals surface area contributed by atoms with E-state index in [4.69, 9.17) is 4.98 Å². The van der Waals surface area contributed by atoms with Crippen LogP contribution in [0, 0.1) is 17.1 Å². The van der Waals surface area contributed by atoms with Crippen molar-refractivity contribution in [2.75, 3.05) is 11.5 Å². The van der Waals surface area contributed by atoms with Crippen molar-refractivity contribution in [2.24, 2.45) is 0 Å². The molecule has 2 heterocycles. The summed E-state index contributed by atoms with van der Waals surface area (Å²) < 4.78 is 13.6. The van der Waals surface area contributed by atoms with Gasteiger partial charge in [-0.05, 0) is 28.8 Å². The maximum absolute atomic E-state index is 13.6. The van der Waals surface area contributed by atoms with Crippen molar-refractivity contribution in [3.63, 3.8) is 0 Å². The van der Waals surface area contributed by atoms with Gasteiger partial charge in [-0.15, -0.1) is 11.3 Å². The molecule has 0 unspecified atom stereocenters. The van der Waals surface area contributed by atoms with Crippen LogP contribution in [0.2, 0.25) is 0 Å². The molecule has 6 heteroatoms. The summed E-state index contributed by atoms with van der Waals surface area (Å²) in [6.07, 6.45) is 0. The third-order valence-electron chi connectivity index (χ3n) is 5.97. The summed E-state index contributed by atoms with van der Waals surface area (Å²) in [6.45, 7) is -0.0747. The Bertz CT molecular complexity index is 1270. The normalized spacial score (nSPS) is 19.9. The van der Waals surface area contributed by atoms with Crippen LogP contribution >= 0.6 is 11.3 Å². The Labute approximate surface area is 189 Å². The van der Waals surface area contributed by atoms with Gasteiger partial charge < -0.3 is 10.0 Å². The summed E-state index contributed by atoms with van der Waals surface area (Å²) in [5.41, 5.74) is 4.58. The van der Waals surface area contributed by atoms with Crippen LogP contribution in [0.3, 0.4) is 0 Å². The lowest BCUT2D eigenvalue weighted by molar-refractivity contribution is 0.187. The van der Waals surface area contributed by atoms with Crippen molar-refractivity contribution in [1.82, 2.24) is 4.98 Å². The lowest BCUT2D eigenvalue weighted by Gasteiger charge is -2.51. The Balaban J connectivity index is 1.41. The number of aliphatic hydroxyl groups is 1. The minimum absolute atomic E-state index is 0.0747. The molecule has 0 bridgehead atoms. The molecular weight excluding hydrogens is 421 g/mol. The second kappa shape index (κ2) is 8.54. The lowest BCUT2D eigenvalue weighted by atomic mass is 9.76. The Morgan fingerprint density at radius 2 is 1.72 bits per heavy atom. The zero-order chi connectivity index (χ0) is 22.1. The van der Waals surface area contributed by atoms with E-state index in [0.717, 1.165) is 33.1 Å². The summed E-state index contributed by atoms with van der Waals surface area (Å²) in [5, 5.41) is 22.8. The Kier molecular flexibility index (Phi) is 5.44. The molecule has 32 heavy (non-hydrogen) atoms. The molecular formula is C26H20FN3OS. The van der Waals surface area contributed by atoms with Crippen LogP contribution in [0.25, 0.3) is 22.4 Å². The van der Waals surface area contributed by atoms with Crippen LogP contribution in [0.15, 0.2) is 84.2 Å². The third-order valence-corrected chi connectivity index (χ3v) is 6.82. The molecule has 3 aromatic carbocycles. The minimum atomic E-state index is -0.415. The van der Waals surface area contributed by atoms with Crippen molar-refractivity contribution in [2.45, 2.75) is 18.0 Å². The van der Waals surface area contributed by atoms with Gasteiger partial charge in [0.1, 0.15) is 11.9 Å². The molecule has 158 valence electrons. The van der Waals surface area contributed by atoms with Crippen LogP contribution in [0.1, 0.15) is 11.5 Å².